The van der Waals surface area contributed by atoms with Crippen LogP contribution in [-0.2, 0) is 0 Å². The molecule has 0 aromatic heterocycles. The van der Waals surface area contributed by atoms with Gasteiger partial charge in [0.25, 0.3) is 0 Å². The first kappa shape index (κ1) is 13.6. The first-order valence-corrected chi connectivity index (χ1v) is 6.24. The van der Waals surface area contributed by atoms with Gasteiger partial charge in [0.15, 0.2) is 5.78 Å². The van der Waals surface area contributed by atoms with E-state index in [4.69, 9.17) is 11.0 Å². The van der Waals surface area contributed by atoms with Crippen LogP contribution in [0.3, 0.4) is 0 Å². The number of rotatable bonds is 4. The van der Waals surface area contributed by atoms with E-state index in [0.29, 0.717) is 22.5 Å². The SMILES string of the molecule is Cc1ccc(C(=O)CNc2ccccc2C#N)cc1N. The van der Waals surface area contributed by atoms with Crippen LogP contribution >= 0.6 is 0 Å². The second kappa shape index (κ2) is 5.89. The maximum absolute atomic E-state index is 12.1. The van der Waals surface area contributed by atoms with Gasteiger partial charge in [-0.1, -0.05) is 24.3 Å². The smallest absolute Gasteiger partial charge is 0.181 e. The minimum absolute atomic E-state index is 0.0653. The lowest BCUT2D eigenvalue weighted by atomic mass is 10.1. The number of carbonyl (C=O) groups is 1. The van der Waals surface area contributed by atoms with E-state index in [0.717, 1.165) is 5.56 Å². The molecule has 100 valence electrons. The van der Waals surface area contributed by atoms with Crippen molar-refractivity contribution in [1.29, 1.82) is 5.26 Å². The number of aryl methyl sites for hydroxylation is 1. The van der Waals surface area contributed by atoms with E-state index in [2.05, 4.69) is 11.4 Å². The number of nitrogen functional groups attached to an aromatic ring is 1. The Bertz CT molecular complexity index is 686. The lowest BCUT2D eigenvalue weighted by Gasteiger charge is -2.08. The van der Waals surface area contributed by atoms with Crippen molar-refractivity contribution in [2.45, 2.75) is 6.92 Å². The number of para-hydroxylation sites is 1. The fourth-order valence-corrected chi connectivity index (χ4v) is 1.83. The van der Waals surface area contributed by atoms with Crippen molar-refractivity contribution in [2.75, 3.05) is 17.6 Å². The molecular formula is C16H15N3O. The molecule has 0 amide bonds. The van der Waals surface area contributed by atoms with Crippen molar-refractivity contribution in [3.05, 3.63) is 59.2 Å². The number of anilines is 2. The quantitative estimate of drug-likeness (QED) is 0.658. The summed E-state index contributed by atoms with van der Waals surface area (Å²) >= 11 is 0. The van der Waals surface area contributed by atoms with E-state index in [1.165, 1.54) is 0 Å². The predicted molar refractivity (Wildman–Crippen MR) is 79.6 cm³/mol. The largest absolute Gasteiger partial charge is 0.398 e. The van der Waals surface area contributed by atoms with Crippen molar-refractivity contribution in [2.24, 2.45) is 0 Å². The molecule has 0 fully saturated rings. The first-order valence-electron chi connectivity index (χ1n) is 6.24. The molecule has 0 heterocycles. The Morgan fingerprint density at radius 2 is 2.05 bits per heavy atom. The van der Waals surface area contributed by atoms with Gasteiger partial charge in [-0.15, -0.1) is 0 Å². The summed E-state index contributed by atoms with van der Waals surface area (Å²) in [5.74, 6) is -0.0653. The minimum Gasteiger partial charge on any atom is -0.398 e. The number of hydrogen-bond donors (Lipinski definition) is 2. The average Bonchev–Trinajstić information content (AvgIpc) is 2.47. The van der Waals surface area contributed by atoms with Gasteiger partial charge < -0.3 is 11.1 Å². The molecule has 20 heavy (non-hydrogen) atoms. The van der Waals surface area contributed by atoms with Crippen molar-refractivity contribution >= 4 is 17.2 Å². The van der Waals surface area contributed by atoms with E-state index in [-0.39, 0.29) is 12.3 Å². The number of Topliss-reactive ketones (excluding diaryl/α,β-unsaturated/α-hetero) is 1. The molecule has 2 aromatic rings. The molecule has 0 unspecified atom stereocenters. The molecule has 0 atom stereocenters. The van der Waals surface area contributed by atoms with Crippen LogP contribution in [0.15, 0.2) is 42.5 Å². The third kappa shape index (κ3) is 2.96. The van der Waals surface area contributed by atoms with Gasteiger partial charge in [-0.25, -0.2) is 0 Å². The number of nitriles is 1. The molecule has 4 nitrogen and oxygen atoms in total. The number of nitrogens with one attached hydrogen (secondary N) is 1. The summed E-state index contributed by atoms with van der Waals surface area (Å²) in [5, 5.41) is 12.0. The molecule has 0 saturated carbocycles. The normalized spacial score (nSPS) is 9.80. The first-order chi connectivity index (χ1) is 9.61. The summed E-state index contributed by atoms with van der Waals surface area (Å²) in [6.45, 7) is 2.02. The fourth-order valence-electron chi connectivity index (χ4n) is 1.83. The Hall–Kier alpha value is -2.80. The molecule has 4 heteroatoms. The monoisotopic (exact) mass is 265 g/mol. The second-order valence-electron chi connectivity index (χ2n) is 4.51. The van der Waals surface area contributed by atoms with Crippen LogP contribution in [0.25, 0.3) is 0 Å². The molecule has 2 rings (SSSR count). The highest BCUT2D eigenvalue weighted by molar-refractivity contribution is 5.99. The van der Waals surface area contributed by atoms with Crippen LogP contribution in [0.5, 0.6) is 0 Å². The number of ketones is 1. The Morgan fingerprint density at radius 1 is 1.30 bits per heavy atom. The van der Waals surface area contributed by atoms with Gasteiger partial charge in [-0.2, -0.15) is 5.26 Å². The van der Waals surface area contributed by atoms with Crippen LogP contribution in [0.4, 0.5) is 11.4 Å². The van der Waals surface area contributed by atoms with Gasteiger partial charge in [-0.3, -0.25) is 4.79 Å². The van der Waals surface area contributed by atoms with Gasteiger partial charge >= 0.3 is 0 Å². The van der Waals surface area contributed by atoms with Gasteiger partial charge in [0.2, 0.25) is 0 Å². The van der Waals surface area contributed by atoms with Gasteiger partial charge in [0, 0.05) is 11.3 Å². The van der Waals surface area contributed by atoms with Gasteiger partial charge in [-0.05, 0) is 30.7 Å². The van der Waals surface area contributed by atoms with Crippen LogP contribution in [0.1, 0.15) is 21.5 Å². The Labute approximate surface area is 117 Å². The van der Waals surface area contributed by atoms with E-state index in [1.807, 2.05) is 19.1 Å². The van der Waals surface area contributed by atoms with Crippen molar-refractivity contribution in [3.63, 3.8) is 0 Å². The molecular weight excluding hydrogens is 250 g/mol. The topological polar surface area (TPSA) is 78.9 Å². The fraction of sp³-hybridized carbons (Fsp3) is 0.125. The summed E-state index contributed by atoms with van der Waals surface area (Å²) in [6.07, 6.45) is 0. The van der Waals surface area contributed by atoms with Crippen LogP contribution in [0, 0.1) is 18.3 Å². The summed E-state index contributed by atoms with van der Waals surface area (Å²) in [7, 11) is 0. The highest BCUT2D eigenvalue weighted by Gasteiger charge is 2.08. The molecule has 0 aliphatic heterocycles. The predicted octanol–water partition coefficient (Wildman–Crippen LogP) is 2.74. The highest BCUT2D eigenvalue weighted by Crippen LogP contribution is 2.15. The summed E-state index contributed by atoms with van der Waals surface area (Å²) in [4.78, 5) is 12.1. The number of hydrogen-bond acceptors (Lipinski definition) is 4. The third-order valence-electron chi connectivity index (χ3n) is 3.09. The van der Waals surface area contributed by atoms with E-state index in [9.17, 15) is 4.79 Å². The molecule has 2 aromatic carbocycles. The van der Waals surface area contributed by atoms with Crippen molar-refractivity contribution < 1.29 is 4.79 Å². The number of benzene rings is 2. The lowest BCUT2D eigenvalue weighted by molar-refractivity contribution is 0.101. The zero-order valence-electron chi connectivity index (χ0n) is 11.2. The summed E-state index contributed by atoms with van der Waals surface area (Å²) in [6, 6.07) is 14.4. The number of nitrogens with two attached hydrogens (primary N) is 1. The molecule has 0 spiro atoms. The van der Waals surface area contributed by atoms with E-state index < -0.39 is 0 Å². The van der Waals surface area contributed by atoms with Crippen molar-refractivity contribution in [3.8, 4) is 6.07 Å². The lowest BCUT2D eigenvalue weighted by Crippen LogP contribution is -2.15. The summed E-state index contributed by atoms with van der Waals surface area (Å²) < 4.78 is 0. The van der Waals surface area contributed by atoms with Crippen LogP contribution < -0.4 is 11.1 Å². The van der Waals surface area contributed by atoms with Gasteiger partial charge in [0.05, 0.1) is 17.8 Å². The zero-order chi connectivity index (χ0) is 14.5. The summed E-state index contributed by atoms with van der Waals surface area (Å²) in [5.41, 5.74) is 9.09. The molecule has 0 radical (unpaired) electrons. The third-order valence-corrected chi connectivity index (χ3v) is 3.09. The van der Waals surface area contributed by atoms with E-state index in [1.54, 1.807) is 30.3 Å². The zero-order valence-corrected chi connectivity index (χ0v) is 11.2. The van der Waals surface area contributed by atoms with Crippen molar-refractivity contribution in [1.82, 2.24) is 0 Å². The molecule has 0 bridgehead atoms. The molecule has 0 aliphatic rings. The van der Waals surface area contributed by atoms with Crippen LogP contribution in [0.2, 0.25) is 0 Å². The maximum atomic E-state index is 12.1. The second-order valence-corrected chi connectivity index (χ2v) is 4.51. The van der Waals surface area contributed by atoms with E-state index >= 15 is 0 Å². The number of nitrogens with zero attached hydrogens (tertiary/aromatic N) is 1. The maximum Gasteiger partial charge on any atom is 0.181 e. The standard InChI is InChI=1S/C16H15N3O/c1-11-6-7-12(8-14(11)18)16(20)10-19-15-5-3-2-4-13(15)9-17/h2-8,19H,10,18H2,1H3. The average molecular weight is 265 g/mol. The Kier molecular flexibility index (Phi) is 4.02. The Morgan fingerprint density at radius 3 is 2.75 bits per heavy atom. The minimum atomic E-state index is -0.0653. The molecule has 3 N–H and O–H groups in total. The molecule has 0 saturated heterocycles. The Balaban J connectivity index is 2.09. The highest BCUT2D eigenvalue weighted by atomic mass is 16.1. The number of carbonyl (C=O) groups excluding carboxylic acids is 1. The van der Waals surface area contributed by atoms with Gasteiger partial charge in [0.1, 0.15) is 6.07 Å². The molecule has 0 aliphatic carbocycles. The van der Waals surface area contributed by atoms with Crippen LogP contribution in [-0.4, -0.2) is 12.3 Å².